The van der Waals surface area contributed by atoms with E-state index in [9.17, 15) is 0 Å². The Labute approximate surface area is 126 Å². The first-order chi connectivity index (χ1) is 10.2. The fraction of sp³-hybridized carbons (Fsp3) is 0.444. The predicted octanol–water partition coefficient (Wildman–Crippen LogP) is 3.76. The molecule has 1 heterocycles. The van der Waals surface area contributed by atoms with Gasteiger partial charge in [-0.25, -0.2) is 0 Å². The van der Waals surface area contributed by atoms with Crippen molar-refractivity contribution in [3.63, 3.8) is 0 Å². The van der Waals surface area contributed by atoms with E-state index < -0.39 is 0 Å². The molecule has 0 saturated heterocycles. The van der Waals surface area contributed by atoms with E-state index >= 15 is 0 Å². The van der Waals surface area contributed by atoms with Crippen LogP contribution >= 0.6 is 0 Å². The topological polar surface area (TPSA) is 34.4 Å². The van der Waals surface area contributed by atoms with E-state index in [1.807, 2.05) is 12.1 Å². The Bertz CT molecular complexity index is 541. The molecule has 1 N–H and O–H groups in total. The fourth-order valence-corrected chi connectivity index (χ4v) is 3.09. The third-order valence-corrected chi connectivity index (χ3v) is 4.33. The third kappa shape index (κ3) is 3.48. The lowest BCUT2D eigenvalue weighted by molar-refractivity contribution is 0.265. The van der Waals surface area contributed by atoms with Crippen LogP contribution in [0.5, 0.6) is 5.75 Å². The van der Waals surface area contributed by atoms with Gasteiger partial charge in [-0.3, -0.25) is 0 Å². The van der Waals surface area contributed by atoms with Gasteiger partial charge in [0.1, 0.15) is 11.5 Å². The van der Waals surface area contributed by atoms with Crippen LogP contribution in [-0.4, -0.2) is 19.2 Å². The molecule has 1 aliphatic carbocycles. The van der Waals surface area contributed by atoms with Crippen LogP contribution in [0.25, 0.3) is 0 Å². The largest absolute Gasteiger partial charge is 0.497 e. The summed E-state index contributed by atoms with van der Waals surface area (Å²) in [6, 6.07) is 13.5. The number of hydrogen-bond donors (Lipinski definition) is 1. The van der Waals surface area contributed by atoms with Crippen molar-refractivity contribution in [1.82, 2.24) is 5.32 Å². The zero-order valence-electron chi connectivity index (χ0n) is 12.7. The van der Waals surface area contributed by atoms with E-state index in [0.717, 1.165) is 17.9 Å². The number of methoxy groups -OCH3 is 1. The van der Waals surface area contributed by atoms with Gasteiger partial charge in [-0.05, 0) is 55.5 Å². The first-order valence-electron chi connectivity index (χ1n) is 7.67. The maximum atomic E-state index is 5.40. The number of nitrogens with one attached hydrogen (secondary N) is 1. The van der Waals surface area contributed by atoms with Crippen LogP contribution in [-0.2, 0) is 6.42 Å². The van der Waals surface area contributed by atoms with Crippen LogP contribution in [0, 0.1) is 0 Å². The number of benzene rings is 1. The number of rotatable bonds is 6. The van der Waals surface area contributed by atoms with Gasteiger partial charge < -0.3 is 14.5 Å². The first kappa shape index (κ1) is 14.2. The molecule has 1 unspecified atom stereocenters. The molecule has 1 fully saturated rings. The summed E-state index contributed by atoms with van der Waals surface area (Å²) < 4.78 is 10.6. The molecule has 1 atom stereocenters. The first-order valence-corrected chi connectivity index (χ1v) is 7.67. The Morgan fingerprint density at radius 2 is 2.00 bits per heavy atom. The summed E-state index contributed by atoms with van der Waals surface area (Å²) in [5.41, 5.74) is 1.42. The van der Waals surface area contributed by atoms with Gasteiger partial charge >= 0.3 is 0 Å². The van der Waals surface area contributed by atoms with Crippen LogP contribution in [0.4, 0.5) is 0 Å². The molecule has 1 aromatic heterocycles. The monoisotopic (exact) mass is 285 g/mol. The molecule has 0 spiro atoms. The molecule has 21 heavy (non-hydrogen) atoms. The molecule has 0 bridgehead atoms. The van der Waals surface area contributed by atoms with Crippen molar-refractivity contribution in [2.45, 2.75) is 44.2 Å². The number of furan rings is 1. The second-order valence-electron chi connectivity index (χ2n) is 5.99. The minimum Gasteiger partial charge on any atom is -0.497 e. The van der Waals surface area contributed by atoms with E-state index in [-0.39, 0.29) is 0 Å². The lowest BCUT2D eigenvalue weighted by Crippen LogP contribution is -2.45. The van der Waals surface area contributed by atoms with Gasteiger partial charge in [0.15, 0.2) is 0 Å². The molecule has 1 saturated carbocycles. The molecule has 3 nitrogen and oxygen atoms in total. The van der Waals surface area contributed by atoms with Crippen LogP contribution in [0.1, 0.15) is 37.0 Å². The van der Waals surface area contributed by atoms with Crippen LogP contribution < -0.4 is 10.1 Å². The zero-order chi connectivity index (χ0) is 14.7. The summed E-state index contributed by atoms with van der Waals surface area (Å²) in [7, 11) is 1.71. The highest BCUT2D eigenvalue weighted by Crippen LogP contribution is 2.37. The molecule has 1 aromatic carbocycles. The molecule has 3 rings (SSSR count). The SMILES string of the molecule is COc1ccc(C2CC(NC(C)Cc3ccco3)C2)cc1. The number of hydrogen-bond acceptors (Lipinski definition) is 3. The van der Waals surface area contributed by atoms with Gasteiger partial charge in [0.2, 0.25) is 0 Å². The third-order valence-electron chi connectivity index (χ3n) is 4.33. The van der Waals surface area contributed by atoms with Crippen molar-refractivity contribution in [3.05, 3.63) is 54.0 Å². The second-order valence-corrected chi connectivity index (χ2v) is 5.99. The van der Waals surface area contributed by atoms with E-state index in [1.165, 1.54) is 18.4 Å². The van der Waals surface area contributed by atoms with Crippen molar-refractivity contribution in [3.8, 4) is 5.75 Å². The predicted molar refractivity (Wildman–Crippen MR) is 83.8 cm³/mol. The standard InChI is InChI=1S/C18H23NO2/c1-13(10-18-4-3-9-21-18)19-16-11-15(12-16)14-5-7-17(20-2)8-6-14/h3-9,13,15-16,19H,10-12H2,1-2H3. The molecular weight excluding hydrogens is 262 g/mol. The molecule has 0 amide bonds. The molecule has 0 aliphatic heterocycles. The summed E-state index contributed by atoms with van der Waals surface area (Å²) >= 11 is 0. The Morgan fingerprint density at radius 3 is 2.62 bits per heavy atom. The fourth-order valence-electron chi connectivity index (χ4n) is 3.09. The lowest BCUT2D eigenvalue weighted by Gasteiger charge is -2.38. The minimum absolute atomic E-state index is 0.456. The average Bonchev–Trinajstić information content (AvgIpc) is 2.95. The smallest absolute Gasteiger partial charge is 0.118 e. The summed E-state index contributed by atoms with van der Waals surface area (Å²) in [6.45, 7) is 2.23. The van der Waals surface area contributed by atoms with Crippen molar-refractivity contribution in [1.29, 1.82) is 0 Å². The maximum absolute atomic E-state index is 5.40. The maximum Gasteiger partial charge on any atom is 0.118 e. The zero-order valence-corrected chi connectivity index (χ0v) is 12.7. The van der Waals surface area contributed by atoms with Crippen LogP contribution in [0.15, 0.2) is 47.1 Å². The van der Waals surface area contributed by atoms with Crippen molar-refractivity contribution >= 4 is 0 Å². The quantitative estimate of drug-likeness (QED) is 0.877. The molecule has 112 valence electrons. The molecule has 2 aromatic rings. The van der Waals surface area contributed by atoms with E-state index in [0.29, 0.717) is 18.0 Å². The Morgan fingerprint density at radius 1 is 1.24 bits per heavy atom. The highest BCUT2D eigenvalue weighted by molar-refractivity contribution is 5.31. The van der Waals surface area contributed by atoms with Crippen LogP contribution in [0.3, 0.4) is 0 Å². The van der Waals surface area contributed by atoms with Crippen molar-refractivity contribution in [2.24, 2.45) is 0 Å². The Hall–Kier alpha value is -1.74. The van der Waals surface area contributed by atoms with E-state index in [1.54, 1.807) is 13.4 Å². The molecule has 3 heteroatoms. The van der Waals surface area contributed by atoms with Gasteiger partial charge in [0, 0.05) is 18.5 Å². The summed E-state index contributed by atoms with van der Waals surface area (Å²) in [4.78, 5) is 0. The van der Waals surface area contributed by atoms with E-state index in [2.05, 4.69) is 36.5 Å². The molecular formula is C18H23NO2. The van der Waals surface area contributed by atoms with Crippen molar-refractivity contribution < 1.29 is 9.15 Å². The average molecular weight is 285 g/mol. The van der Waals surface area contributed by atoms with Crippen molar-refractivity contribution in [2.75, 3.05) is 7.11 Å². The molecule has 1 aliphatic rings. The van der Waals surface area contributed by atoms with Gasteiger partial charge in [0.25, 0.3) is 0 Å². The van der Waals surface area contributed by atoms with Gasteiger partial charge in [0.05, 0.1) is 13.4 Å². The summed E-state index contributed by atoms with van der Waals surface area (Å²) in [5, 5.41) is 3.69. The van der Waals surface area contributed by atoms with Gasteiger partial charge in [-0.1, -0.05) is 12.1 Å². The second kappa shape index (κ2) is 6.35. The highest BCUT2D eigenvalue weighted by atomic mass is 16.5. The highest BCUT2D eigenvalue weighted by Gasteiger charge is 2.30. The summed E-state index contributed by atoms with van der Waals surface area (Å²) in [6.07, 6.45) is 5.13. The Balaban J connectivity index is 1.44. The van der Waals surface area contributed by atoms with Gasteiger partial charge in [-0.2, -0.15) is 0 Å². The summed E-state index contributed by atoms with van der Waals surface area (Å²) in [5.74, 6) is 2.67. The minimum atomic E-state index is 0.456. The lowest BCUT2D eigenvalue weighted by atomic mass is 9.75. The molecule has 0 radical (unpaired) electrons. The Kier molecular flexibility index (Phi) is 4.30. The van der Waals surface area contributed by atoms with Gasteiger partial charge in [-0.15, -0.1) is 0 Å². The van der Waals surface area contributed by atoms with E-state index in [4.69, 9.17) is 9.15 Å². The van der Waals surface area contributed by atoms with Crippen LogP contribution in [0.2, 0.25) is 0 Å². The normalized spacial score (nSPS) is 22.6. The number of ether oxygens (including phenoxy) is 1.